The molecule has 0 amide bonds. The van der Waals surface area contributed by atoms with Crippen LogP contribution in [0, 0.1) is 0 Å². The molecule has 0 atom stereocenters. The molecule has 0 aliphatic carbocycles. The summed E-state index contributed by atoms with van der Waals surface area (Å²) >= 11 is 0. The van der Waals surface area contributed by atoms with Crippen molar-refractivity contribution in [2.24, 2.45) is 0 Å². The molecule has 0 N–H and O–H groups in total. The molecule has 10 nitrogen and oxygen atoms in total. The summed E-state index contributed by atoms with van der Waals surface area (Å²) in [7, 11) is -26.9. The van der Waals surface area contributed by atoms with Crippen LogP contribution in [-0.2, 0) is 40.1 Å². The normalized spacial score (nSPS) is 14.4. The van der Waals surface area contributed by atoms with E-state index in [-0.39, 0.29) is 70.2 Å². The van der Waals surface area contributed by atoms with Crippen LogP contribution in [0.15, 0.2) is 0 Å². The summed E-state index contributed by atoms with van der Waals surface area (Å²) in [5.41, 5.74) is -24.8. The van der Waals surface area contributed by atoms with Crippen LogP contribution in [0.25, 0.3) is 8.25 Å². The fraction of sp³-hybridized carbons (Fsp3) is 1.00. The molecule has 28 heteroatoms. The molecular weight excluding hydrogens is 606 g/mol. The molecule has 0 spiro atoms. The van der Waals surface area contributed by atoms with Crippen LogP contribution < -0.4 is 70.2 Å². The van der Waals surface area contributed by atoms with Gasteiger partial charge in [0.2, 0.25) is 0 Å². The molecule has 0 unspecified atom stereocenters. The van der Waals surface area contributed by atoms with E-state index >= 15 is 0 Å². The van der Waals surface area contributed by atoms with Crippen molar-refractivity contribution < 1.29 is 157 Å². The van der Waals surface area contributed by atoms with Crippen molar-refractivity contribution in [2.45, 2.75) is 22.0 Å². The molecule has 0 aliphatic heterocycles. The summed E-state index contributed by atoms with van der Waals surface area (Å²) in [5.74, 6) is 0. The van der Waals surface area contributed by atoms with Gasteiger partial charge in [0.1, 0.15) is 0 Å². The second-order valence-corrected chi connectivity index (χ2v) is 10.7. The number of hydrogen-bond donors (Lipinski definition) is 0. The van der Waals surface area contributed by atoms with E-state index in [9.17, 15) is 86.4 Å². The third-order valence-corrected chi connectivity index (χ3v) is 7.04. The molecule has 0 aliphatic rings. The zero-order chi connectivity index (χ0) is 25.4. The predicted molar refractivity (Wildman–Crippen MR) is 66.6 cm³/mol. The second kappa shape index (κ2) is 11.9. The molecule has 184 valence electrons. The van der Waals surface area contributed by atoms with E-state index in [1.807, 2.05) is 0 Å². The Kier molecular flexibility index (Phi) is 15.0. The maximum absolute atomic E-state index is 11.4. The molecule has 0 saturated heterocycles. The van der Waals surface area contributed by atoms with Gasteiger partial charge in [0.25, 0.3) is 0 Å². The monoisotopic (exact) mass is 606 g/mol. The molecule has 0 aromatic rings. The molecule has 0 saturated carbocycles. The largest absolute Gasteiger partial charge is 1.00 e. The van der Waals surface area contributed by atoms with Crippen molar-refractivity contribution in [2.75, 3.05) is 0 Å². The summed E-state index contributed by atoms with van der Waals surface area (Å²) in [6, 6.07) is 0. The summed E-state index contributed by atoms with van der Waals surface area (Å²) < 4.78 is 218. The minimum atomic E-state index is -6.72. The van der Waals surface area contributed by atoms with Crippen LogP contribution in [0.1, 0.15) is 0 Å². The van der Waals surface area contributed by atoms with Crippen molar-refractivity contribution in [1.29, 1.82) is 0 Å². The molecule has 0 radical (unpaired) electrons. The van der Waals surface area contributed by atoms with E-state index in [1.54, 1.807) is 0 Å². The van der Waals surface area contributed by atoms with E-state index in [4.69, 9.17) is 0 Å². The van der Waals surface area contributed by atoms with Gasteiger partial charge in [-0.3, -0.25) is 0 Å². The minimum absolute atomic E-state index is 0. The van der Waals surface area contributed by atoms with Gasteiger partial charge >= 0.3 is 92.3 Å². The summed E-state index contributed by atoms with van der Waals surface area (Å²) in [4.78, 5) is 0. The maximum Gasteiger partial charge on any atom is 1.00 e. The smallest absolute Gasteiger partial charge is 0.421 e. The van der Waals surface area contributed by atoms with Gasteiger partial charge in [0, 0.05) is 0 Å². The second-order valence-electron chi connectivity index (χ2n) is 3.83. The Bertz CT molecular complexity index is 868. The zero-order valence-electron chi connectivity index (χ0n) is 14.3. The first-order valence-corrected chi connectivity index (χ1v) is 10.9. The number of sulfonamides is 4. The van der Waals surface area contributed by atoms with Gasteiger partial charge in [0.15, 0.2) is 40.1 Å². The Morgan fingerprint density at radius 1 is 0.375 bits per heavy atom. The molecule has 0 aromatic carbocycles. The van der Waals surface area contributed by atoms with E-state index in [0.717, 1.165) is 8.25 Å². The quantitative estimate of drug-likeness (QED) is 0.232. The van der Waals surface area contributed by atoms with Crippen molar-refractivity contribution in [3.05, 3.63) is 8.25 Å². The number of nitrogens with zero attached hydrogens (tertiary/aromatic N) is 2. The molecule has 0 fully saturated rings. The Labute approximate surface area is 224 Å². The van der Waals surface area contributed by atoms with Crippen molar-refractivity contribution in [3.8, 4) is 0 Å². The first kappa shape index (κ1) is 40.3. The zero-order valence-corrected chi connectivity index (χ0v) is 20.7. The molecule has 0 aromatic heterocycles. The van der Waals surface area contributed by atoms with Crippen LogP contribution in [0.3, 0.4) is 0 Å². The van der Waals surface area contributed by atoms with E-state index in [1.165, 1.54) is 0 Å². The fourth-order valence-electron chi connectivity index (χ4n) is 0.427. The molecule has 0 bridgehead atoms. The Morgan fingerprint density at radius 2 is 0.469 bits per heavy atom. The van der Waals surface area contributed by atoms with Gasteiger partial charge in [-0.15, -0.1) is 0 Å². The summed E-state index contributed by atoms with van der Waals surface area (Å²) in [5, 5.41) is 0. The van der Waals surface area contributed by atoms with E-state index in [0.29, 0.717) is 0 Å². The molecule has 32 heavy (non-hydrogen) atoms. The van der Waals surface area contributed by atoms with Crippen LogP contribution in [0.5, 0.6) is 0 Å². The predicted octanol–water partition coefficient (Wildman–Crippen LogP) is -3.87. The minimum Gasteiger partial charge on any atom is -0.421 e. The van der Waals surface area contributed by atoms with Crippen LogP contribution >= 0.6 is 0 Å². The number of halogens is 12. The average molecular weight is 606 g/mol. The standard InChI is InChI=1S/2C2F6NO4S2.K.Li/c2*3-1(4,5)14(10,11)9-15(12,13)2(6,7)8;;/q2*-1;2*+1. The third-order valence-electron chi connectivity index (χ3n) is 1.56. The Hall–Kier alpha value is 1.11. The Balaban J connectivity index is -0.000000231. The third kappa shape index (κ3) is 11.7. The number of hydrogen-bond acceptors (Lipinski definition) is 8. The van der Waals surface area contributed by atoms with Gasteiger partial charge in [-0.2, -0.15) is 52.7 Å². The SMILES string of the molecule is O=S(=O)([N-]S(=O)(=O)C(F)(F)F)C(F)(F)F.O=S(=O)([N-]S(=O)(=O)C(F)(F)F)C(F)(F)F.[K+].[Li+]. The van der Waals surface area contributed by atoms with Gasteiger partial charge in [0.05, 0.1) is 0 Å². The van der Waals surface area contributed by atoms with Gasteiger partial charge in [-0.25, -0.2) is 33.7 Å². The number of rotatable bonds is 4. The average Bonchev–Trinajstić information content (AvgIpc) is 2.30. The van der Waals surface area contributed by atoms with E-state index < -0.39 is 62.1 Å². The van der Waals surface area contributed by atoms with Gasteiger partial charge < -0.3 is 8.25 Å². The van der Waals surface area contributed by atoms with Gasteiger partial charge in [-0.05, 0) is 0 Å². The maximum atomic E-state index is 11.4. The van der Waals surface area contributed by atoms with Crippen molar-refractivity contribution >= 4 is 40.1 Å². The Morgan fingerprint density at radius 3 is 0.531 bits per heavy atom. The summed E-state index contributed by atoms with van der Waals surface area (Å²) in [6.45, 7) is 0. The fourth-order valence-corrected chi connectivity index (χ4v) is 3.85. The molecule has 0 rings (SSSR count). The summed E-state index contributed by atoms with van der Waals surface area (Å²) in [6.07, 6.45) is 0. The van der Waals surface area contributed by atoms with Crippen LogP contribution in [-0.4, -0.2) is 55.7 Å². The van der Waals surface area contributed by atoms with Crippen molar-refractivity contribution in [1.82, 2.24) is 0 Å². The number of alkyl halides is 12. The van der Waals surface area contributed by atoms with E-state index in [2.05, 4.69) is 0 Å². The molecular formula is C4F12KLiN2O8S4. The van der Waals surface area contributed by atoms with Crippen LogP contribution in [0.2, 0.25) is 0 Å². The molecule has 0 heterocycles. The first-order chi connectivity index (χ1) is 12.4. The van der Waals surface area contributed by atoms with Crippen molar-refractivity contribution in [3.63, 3.8) is 0 Å². The topological polar surface area (TPSA) is 165 Å². The first-order valence-electron chi connectivity index (χ1n) is 5.15. The van der Waals surface area contributed by atoms with Gasteiger partial charge in [-0.1, -0.05) is 0 Å². The van der Waals surface area contributed by atoms with Crippen LogP contribution in [0.4, 0.5) is 52.7 Å².